The highest BCUT2D eigenvalue weighted by molar-refractivity contribution is 5.97. The molecular weight excluding hydrogens is 284 g/mol. The largest absolute Gasteiger partial charge is 0.496 e. The van der Waals surface area contributed by atoms with E-state index in [0.717, 1.165) is 0 Å². The van der Waals surface area contributed by atoms with Crippen molar-refractivity contribution in [1.82, 2.24) is 10.6 Å². The minimum Gasteiger partial charge on any atom is -0.496 e. The second-order valence-electron chi connectivity index (χ2n) is 3.77. The van der Waals surface area contributed by atoms with Crippen molar-refractivity contribution < 1.29 is 19.0 Å². The molecule has 0 saturated carbocycles. The Morgan fingerprint density at radius 2 is 1.55 bits per heavy atom. The van der Waals surface area contributed by atoms with Crippen molar-refractivity contribution in [2.75, 3.05) is 41.5 Å². The molecule has 0 heterocycles. The lowest BCUT2D eigenvalue weighted by Gasteiger charge is -2.14. The van der Waals surface area contributed by atoms with E-state index in [1.807, 2.05) is 7.05 Å². The molecule has 0 saturated heterocycles. The molecule has 0 aliphatic carbocycles. The fourth-order valence-corrected chi connectivity index (χ4v) is 1.60. The first-order valence-corrected chi connectivity index (χ1v) is 5.90. The van der Waals surface area contributed by atoms with Crippen LogP contribution in [0.4, 0.5) is 0 Å². The lowest BCUT2D eigenvalue weighted by molar-refractivity contribution is 0.0950. The molecule has 0 atom stereocenters. The number of nitrogens with one attached hydrogen (secondary N) is 2. The normalized spacial score (nSPS) is 9.40. The standard InChI is InChI=1S/C13H20N2O4.ClH/c1-14-5-6-15-13(16)9-7-11(18-3)12(19-4)8-10(9)17-2;/h7-8,14H,5-6H2,1-4H3,(H,15,16);1H. The van der Waals surface area contributed by atoms with Crippen LogP contribution in [0.15, 0.2) is 12.1 Å². The molecule has 2 N–H and O–H groups in total. The Labute approximate surface area is 125 Å². The fourth-order valence-electron chi connectivity index (χ4n) is 1.60. The summed E-state index contributed by atoms with van der Waals surface area (Å²) in [6, 6.07) is 3.23. The van der Waals surface area contributed by atoms with Crippen LogP contribution < -0.4 is 24.8 Å². The molecule has 0 bridgehead atoms. The molecule has 0 aliphatic rings. The van der Waals surface area contributed by atoms with Crippen molar-refractivity contribution in [3.05, 3.63) is 17.7 Å². The van der Waals surface area contributed by atoms with E-state index in [2.05, 4.69) is 10.6 Å². The van der Waals surface area contributed by atoms with Crippen molar-refractivity contribution in [1.29, 1.82) is 0 Å². The maximum Gasteiger partial charge on any atom is 0.255 e. The molecule has 20 heavy (non-hydrogen) atoms. The summed E-state index contributed by atoms with van der Waals surface area (Å²) < 4.78 is 15.5. The monoisotopic (exact) mass is 304 g/mol. The van der Waals surface area contributed by atoms with E-state index < -0.39 is 0 Å². The van der Waals surface area contributed by atoms with Crippen LogP contribution in [0.25, 0.3) is 0 Å². The van der Waals surface area contributed by atoms with Gasteiger partial charge in [0.1, 0.15) is 5.75 Å². The van der Waals surface area contributed by atoms with E-state index in [4.69, 9.17) is 14.2 Å². The molecule has 114 valence electrons. The van der Waals surface area contributed by atoms with Crippen LogP contribution in [0.3, 0.4) is 0 Å². The molecule has 1 aromatic rings. The van der Waals surface area contributed by atoms with Crippen LogP contribution in [0.2, 0.25) is 0 Å². The van der Waals surface area contributed by atoms with Gasteiger partial charge in [-0.1, -0.05) is 0 Å². The second kappa shape index (κ2) is 9.28. The van der Waals surface area contributed by atoms with Gasteiger partial charge in [-0.15, -0.1) is 12.4 Å². The highest BCUT2D eigenvalue weighted by atomic mass is 35.5. The fraction of sp³-hybridized carbons (Fsp3) is 0.462. The third-order valence-corrected chi connectivity index (χ3v) is 2.61. The summed E-state index contributed by atoms with van der Waals surface area (Å²) in [4.78, 5) is 12.1. The first-order valence-electron chi connectivity index (χ1n) is 5.90. The minimum absolute atomic E-state index is 0. The van der Waals surface area contributed by atoms with Gasteiger partial charge >= 0.3 is 0 Å². The second-order valence-corrected chi connectivity index (χ2v) is 3.77. The predicted octanol–water partition coefficient (Wildman–Crippen LogP) is 1.08. The molecule has 6 nitrogen and oxygen atoms in total. The van der Waals surface area contributed by atoms with Gasteiger partial charge < -0.3 is 24.8 Å². The van der Waals surface area contributed by atoms with Crippen molar-refractivity contribution >= 4 is 18.3 Å². The molecule has 0 aromatic heterocycles. The van der Waals surface area contributed by atoms with E-state index in [-0.39, 0.29) is 18.3 Å². The van der Waals surface area contributed by atoms with Crippen molar-refractivity contribution in [3.8, 4) is 17.2 Å². The molecule has 0 aliphatic heterocycles. The maximum absolute atomic E-state index is 12.1. The van der Waals surface area contributed by atoms with Gasteiger partial charge in [0.2, 0.25) is 0 Å². The number of carbonyl (C=O) groups is 1. The van der Waals surface area contributed by atoms with Gasteiger partial charge in [-0.2, -0.15) is 0 Å². The number of rotatable bonds is 7. The van der Waals surface area contributed by atoms with Gasteiger partial charge in [0.25, 0.3) is 5.91 Å². The van der Waals surface area contributed by atoms with Crippen LogP contribution in [0, 0.1) is 0 Å². The highest BCUT2D eigenvalue weighted by Crippen LogP contribution is 2.34. The molecule has 1 aromatic carbocycles. The zero-order valence-corrected chi connectivity index (χ0v) is 12.9. The van der Waals surface area contributed by atoms with Crippen LogP contribution in [-0.2, 0) is 0 Å². The van der Waals surface area contributed by atoms with Crippen LogP contribution >= 0.6 is 12.4 Å². The maximum atomic E-state index is 12.1. The summed E-state index contributed by atoms with van der Waals surface area (Å²) in [7, 11) is 6.38. The average molecular weight is 305 g/mol. The Morgan fingerprint density at radius 3 is 2.05 bits per heavy atom. The van der Waals surface area contributed by atoms with E-state index in [1.54, 1.807) is 12.1 Å². The molecule has 1 rings (SSSR count). The Kier molecular flexibility index (Phi) is 8.51. The molecule has 7 heteroatoms. The summed E-state index contributed by atoms with van der Waals surface area (Å²) >= 11 is 0. The van der Waals surface area contributed by atoms with E-state index in [1.165, 1.54) is 21.3 Å². The Bertz CT molecular complexity index is 441. The molecule has 0 radical (unpaired) electrons. The van der Waals surface area contributed by atoms with Gasteiger partial charge in [0.15, 0.2) is 11.5 Å². The summed E-state index contributed by atoms with van der Waals surface area (Å²) in [5, 5.41) is 5.74. The lowest BCUT2D eigenvalue weighted by atomic mass is 10.1. The number of methoxy groups -OCH3 is 3. The van der Waals surface area contributed by atoms with Crippen molar-refractivity contribution in [3.63, 3.8) is 0 Å². The molecule has 0 spiro atoms. The van der Waals surface area contributed by atoms with Crippen molar-refractivity contribution in [2.24, 2.45) is 0 Å². The Balaban J connectivity index is 0.00000361. The first kappa shape index (κ1) is 18.3. The van der Waals surface area contributed by atoms with Crippen molar-refractivity contribution in [2.45, 2.75) is 0 Å². The average Bonchev–Trinajstić information content (AvgIpc) is 2.45. The summed E-state index contributed by atoms with van der Waals surface area (Å²) in [5.74, 6) is 1.24. The zero-order chi connectivity index (χ0) is 14.3. The van der Waals surface area contributed by atoms with Gasteiger partial charge in [0.05, 0.1) is 26.9 Å². The van der Waals surface area contributed by atoms with Gasteiger partial charge in [-0.25, -0.2) is 0 Å². The first-order chi connectivity index (χ1) is 9.17. The quantitative estimate of drug-likeness (QED) is 0.738. The lowest BCUT2D eigenvalue weighted by Crippen LogP contribution is -2.30. The number of hydrogen-bond acceptors (Lipinski definition) is 5. The van der Waals surface area contributed by atoms with E-state index in [0.29, 0.717) is 35.9 Å². The number of hydrogen-bond donors (Lipinski definition) is 2. The number of amides is 1. The van der Waals surface area contributed by atoms with Crippen LogP contribution in [0.1, 0.15) is 10.4 Å². The topological polar surface area (TPSA) is 68.8 Å². The molecule has 0 fully saturated rings. The molecule has 1 amide bonds. The minimum atomic E-state index is -0.215. The molecular formula is C13H21ClN2O4. The number of likely N-dealkylation sites (N-methyl/N-ethyl adjacent to an activating group) is 1. The number of halogens is 1. The summed E-state index contributed by atoms with van der Waals surface area (Å²) in [6.07, 6.45) is 0. The number of ether oxygens (including phenoxy) is 3. The van der Waals surface area contributed by atoms with E-state index >= 15 is 0 Å². The summed E-state index contributed by atoms with van der Waals surface area (Å²) in [5.41, 5.74) is 0.413. The van der Waals surface area contributed by atoms with Crippen LogP contribution in [0.5, 0.6) is 17.2 Å². The zero-order valence-electron chi connectivity index (χ0n) is 12.1. The smallest absolute Gasteiger partial charge is 0.255 e. The number of carbonyl (C=O) groups excluding carboxylic acids is 1. The van der Waals surface area contributed by atoms with Gasteiger partial charge in [-0.05, 0) is 7.05 Å². The number of benzene rings is 1. The van der Waals surface area contributed by atoms with Crippen LogP contribution in [-0.4, -0.2) is 47.4 Å². The highest BCUT2D eigenvalue weighted by Gasteiger charge is 2.17. The predicted molar refractivity (Wildman–Crippen MR) is 79.6 cm³/mol. The molecule has 0 unspecified atom stereocenters. The Hall–Kier alpha value is -1.66. The summed E-state index contributed by atoms with van der Waals surface area (Å²) in [6.45, 7) is 1.23. The van der Waals surface area contributed by atoms with Gasteiger partial charge in [-0.3, -0.25) is 4.79 Å². The van der Waals surface area contributed by atoms with E-state index in [9.17, 15) is 4.79 Å². The van der Waals surface area contributed by atoms with Gasteiger partial charge in [0, 0.05) is 25.2 Å². The SMILES string of the molecule is CNCCNC(=O)c1cc(OC)c(OC)cc1OC.Cl. The Morgan fingerprint density at radius 1 is 1.00 bits per heavy atom. The third-order valence-electron chi connectivity index (χ3n) is 2.61. The third kappa shape index (κ3) is 4.47.